The van der Waals surface area contributed by atoms with E-state index in [1.54, 1.807) is 20.2 Å². The van der Waals surface area contributed by atoms with Crippen molar-refractivity contribution in [3.63, 3.8) is 0 Å². The lowest BCUT2D eigenvalue weighted by Crippen LogP contribution is -2.38. The van der Waals surface area contributed by atoms with E-state index >= 15 is 0 Å². The topological polar surface area (TPSA) is 45.7 Å². The highest BCUT2D eigenvalue weighted by molar-refractivity contribution is 5.80. The van der Waals surface area contributed by atoms with E-state index in [0.29, 0.717) is 12.6 Å². The lowest BCUT2D eigenvalue weighted by Gasteiger charge is -2.14. The number of rotatable bonds is 1. The number of guanidine groups is 1. The maximum absolute atomic E-state index is 13.1. The van der Waals surface area contributed by atoms with Crippen molar-refractivity contribution in [1.29, 1.82) is 0 Å². The summed E-state index contributed by atoms with van der Waals surface area (Å²) in [4.78, 5) is 4.01. The van der Waals surface area contributed by atoms with Gasteiger partial charge in [0.15, 0.2) is 5.96 Å². The average molecular weight is 223 g/mol. The highest BCUT2D eigenvalue weighted by Crippen LogP contribution is 2.32. The molecule has 0 fully saturated rings. The van der Waals surface area contributed by atoms with Gasteiger partial charge in [-0.15, -0.1) is 0 Å². The van der Waals surface area contributed by atoms with Gasteiger partial charge < -0.3 is 15.4 Å². The molecule has 1 heterocycles. The van der Waals surface area contributed by atoms with E-state index < -0.39 is 0 Å². The van der Waals surface area contributed by atoms with Crippen LogP contribution in [0.2, 0.25) is 0 Å². The van der Waals surface area contributed by atoms with Crippen molar-refractivity contribution in [2.45, 2.75) is 6.04 Å². The van der Waals surface area contributed by atoms with Gasteiger partial charge in [0, 0.05) is 19.7 Å². The van der Waals surface area contributed by atoms with Gasteiger partial charge in [-0.05, 0) is 18.2 Å². The molecule has 1 aromatic carbocycles. The number of ether oxygens (including phenoxy) is 1. The van der Waals surface area contributed by atoms with Gasteiger partial charge in [0.25, 0.3) is 0 Å². The fourth-order valence-corrected chi connectivity index (χ4v) is 1.72. The molecular formula is C11H14FN3O. The van der Waals surface area contributed by atoms with Crippen molar-refractivity contribution >= 4 is 5.96 Å². The number of benzene rings is 1. The normalized spacial score (nSPS) is 18.9. The predicted molar refractivity (Wildman–Crippen MR) is 60.2 cm³/mol. The molecule has 0 bridgehead atoms. The predicted octanol–water partition coefficient (Wildman–Crippen LogP) is 1.05. The van der Waals surface area contributed by atoms with Crippen LogP contribution in [-0.4, -0.2) is 26.7 Å². The van der Waals surface area contributed by atoms with E-state index in [9.17, 15) is 4.39 Å². The summed E-state index contributed by atoms with van der Waals surface area (Å²) in [7, 11) is 3.46. The lowest BCUT2D eigenvalue weighted by atomic mass is 10.1. The SMILES string of the molecule is CN=C(NC)NC1COc2ccc(F)cc21. The van der Waals surface area contributed by atoms with Crippen LogP contribution in [0.4, 0.5) is 4.39 Å². The summed E-state index contributed by atoms with van der Waals surface area (Å²) in [5.41, 5.74) is 0.830. The van der Waals surface area contributed by atoms with E-state index in [1.807, 2.05) is 0 Å². The van der Waals surface area contributed by atoms with Crippen LogP contribution in [0.1, 0.15) is 11.6 Å². The van der Waals surface area contributed by atoms with Crippen LogP contribution in [-0.2, 0) is 0 Å². The minimum atomic E-state index is -0.254. The van der Waals surface area contributed by atoms with E-state index in [0.717, 1.165) is 11.3 Å². The Balaban J connectivity index is 2.20. The molecule has 86 valence electrons. The number of aliphatic imine (C=N–C) groups is 1. The summed E-state index contributed by atoms with van der Waals surface area (Å²) in [6.07, 6.45) is 0. The third kappa shape index (κ3) is 1.93. The van der Waals surface area contributed by atoms with Crippen molar-refractivity contribution in [3.8, 4) is 5.75 Å². The largest absolute Gasteiger partial charge is 0.491 e. The Labute approximate surface area is 93.5 Å². The number of nitrogens with one attached hydrogen (secondary N) is 2. The van der Waals surface area contributed by atoms with Gasteiger partial charge in [0.1, 0.15) is 18.2 Å². The first-order valence-corrected chi connectivity index (χ1v) is 5.08. The second-order valence-corrected chi connectivity index (χ2v) is 3.51. The number of halogens is 1. The van der Waals surface area contributed by atoms with Crippen molar-refractivity contribution in [2.24, 2.45) is 4.99 Å². The second-order valence-electron chi connectivity index (χ2n) is 3.51. The van der Waals surface area contributed by atoms with Crippen molar-refractivity contribution in [2.75, 3.05) is 20.7 Å². The number of nitrogens with zero attached hydrogens (tertiary/aromatic N) is 1. The number of hydrogen-bond donors (Lipinski definition) is 2. The summed E-state index contributed by atoms with van der Waals surface area (Å²) in [6.45, 7) is 0.486. The molecule has 1 unspecified atom stereocenters. The third-order valence-corrected chi connectivity index (χ3v) is 2.52. The maximum Gasteiger partial charge on any atom is 0.191 e. The molecular weight excluding hydrogens is 209 g/mol. The first-order chi connectivity index (χ1) is 7.74. The summed E-state index contributed by atoms with van der Waals surface area (Å²) in [5.74, 6) is 1.13. The fraction of sp³-hybridized carbons (Fsp3) is 0.364. The summed E-state index contributed by atoms with van der Waals surface area (Å²) < 4.78 is 18.6. The van der Waals surface area contributed by atoms with Gasteiger partial charge in [-0.1, -0.05) is 0 Å². The molecule has 5 heteroatoms. The Hall–Kier alpha value is -1.78. The first kappa shape index (κ1) is 10.7. The van der Waals surface area contributed by atoms with Gasteiger partial charge in [0.2, 0.25) is 0 Å². The monoisotopic (exact) mass is 223 g/mol. The maximum atomic E-state index is 13.1. The molecule has 4 nitrogen and oxygen atoms in total. The molecule has 0 aliphatic carbocycles. The fourth-order valence-electron chi connectivity index (χ4n) is 1.72. The second kappa shape index (κ2) is 4.38. The highest BCUT2D eigenvalue weighted by atomic mass is 19.1. The average Bonchev–Trinajstić information content (AvgIpc) is 2.68. The van der Waals surface area contributed by atoms with Crippen molar-refractivity contribution < 1.29 is 9.13 Å². The van der Waals surface area contributed by atoms with Crippen LogP contribution < -0.4 is 15.4 Å². The molecule has 0 aromatic heterocycles. The zero-order valence-corrected chi connectivity index (χ0v) is 9.25. The van der Waals surface area contributed by atoms with Crippen molar-refractivity contribution in [1.82, 2.24) is 10.6 Å². The smallest absolute Gasteiger partial charge is 0.191 e. The first-order valence-electron chi connectivity index (χ1n) is 5.08. The van der Waals surface area contributed by atoms with Gasteiger partial charge in [-0.2, -0.15) is 0 Å². The van der Waals surface area contributed by atoms with Crippen LogP contribution in [0.15, 0.2) is 23.2 Å². The van der Waals surface area contributed by atoms with Crippen LogP contribution in [0, 0.1) is 5.82 Å². The molecule has 1 atom stereocenters. The molecule has 1 aromatic rings. The molecule has 0 amide bonds. The van der Waals surface area contributed by atoms with Gasteiger partial charge in [-0.25, -0.2) is 4.39 Å². The summed E-state index contributed by atoms with van der Waals surface area (Å²) in [6, 6.07) is 4.47. The Morgan fingerprint density at radius 1 is 1.56 bits per heavy atom. The van der Waals surface area contributed by atoms with Crippen LogP contribution in [0.3, 0.4) is 0 Å². The van der Waals surface area contributed by atoms with Crippen LogP contribution >= 0.6 is 0 Å². The minimum absolute atomic E-state index is 0.0585. The Bertz CT molecular complexity index is 420. The van der Waals surface area contributed by atoms with E-state index in [2.05, 4.69) is 15.6 Å². The molecule has 0 spiro atoms. The molecule has 0 radical (unpaired) electrons. The summed E-state index contributed by atoms with van der Waals surface area (Å²) in [5, 5.41) is 6.06. The Morgan fingerprint density at radius 2 is 2.38 bits per heavy atom. The standard InChI is InChI=1S/C11H14FN3O/c1-13-11(14-2)15-9-6-16-10-4-3-7(12)5-8(9)10/h3-5,9H,6H2,1-2H3,(H2,13,14,15). The van der Waals surface area contributed by atoms with Crippen molar-refractivity contribution in [3.05, 3.63) is 29.6 Å². The molecule has 2 N–H and O–H groups in total. The number of fused-ring (bicyclic) bond motifs is 1. The zero-order valence-electron chi connectivity index (χ0n) is 9.25. The van der Waals surface area contributed by atoms with Gasteiger partial charge >= 0.3 is 0 Å². The zero-order chi connectivity index (χ0) is 11.5. The molecule has 2 rings (SSSR count). The summed E-state index contributed by atoms with van der Waals surface area (Å²) >= 11 is 0. The van der Waals surface area contributed by atoms with Crippen LogP contribution in [0.5, 0.6) is 5.75 Å². The molecule has 1 aliphatic heterocycles. The molecule has 0 saturated heterocycles. The third-order valence-electron chi connectivity index (χ3n) is 2.52. The Morgan fingerprint density at radius 3 is 3.06 bits per heavy atom. The quantitative estimate of drug-likeness (QED) is 0.552. The van der Waals surface area contributed by atoms with Crippen LogP contribution in [0.25, 0.3) is 0 Å². The highest BCUT2D eigenvalue weighted by Gasteiger charge is 2.25. The molecule has 16 heavy (non-hydrogen) atoms. The molecule has 1 aliphatic rings. The molecule has 0 saturated carbocycles. The minimum Gasteiger partial charge on any atom is -0.491 e. The van der Waals surface area contributed by atoms with E-state index in [4.69, 9.17) is 4.74 Å². The van der Waals surface area contributed by atoms with Gasteiger partial charge in [-0.3, -0.25) is 4.99 Å². The lowest BCUT2D eigenvalue weighted by molar-refractivity contribution is 0.324. The Kier molecular flexibility index (Phi) is 2.94. The van der Waals surface area contributed by atoms with Gasteiger partial charge in [0.05, 0.1) is 6.04 Å². The van der Waals surface area contributed by atoms with E-state index in [1.165, 1.54) is 12.1 Å². The van der Waals surface area contributed by atoms with E-state index in [-0.39, 0.29) is 11.9 Å². The number of hydrogen-bond acceptors (Lipinski definition) is 2.